The number of nitrogens with zero attached hydrogens (tertiary/aromatic N) is 1. The summed E-state index contributed by atoms with van der Waals surface area (Å²) in [4.78, 5) is 0. The largest absolute Gasteiger partial charge is 0.302 e. The van der Waals surface area contributed by atoms with Crippen molar-refractivity contribution in [3.63, 3.8) is 0 Å². The van der Waals surface area contributed by atoms with Crippen LogP contribution in [0.3, 0.4) is 0 Å². The molecule has 0 radical (unpaired) electrons. The third kappa shape index (κ3) is 1.83. The predicted molar refractivity (Wildman–Crippen MR) is 76.4 cm³/mol. The van der Waals surface area contributed by atoms with E-state index < -0.39 is 0 Å². The number of benzene rings is 1. The van der Waals surface area contributed by atoms with Crippen LogP contribution in [-0.2, 0) is 0 Å². The van der Waals surface area contributed by atoms with E-state index in [-0.39, 0.29) is 5.54 Å². The molecular formula is C16H24N2. The summed E-state index contributed by atoms with van der Waals surface area (Å²) in [6, 6.07) is 11.4. The van der Waals surface area contributed by atoms with Crippen LogP contribution in [0.25, 0.3) is 0 Å². The van der Waals surface area contributed by atoms with E-state index in [0.29, 0.717) is 6.04 Å². The van der Waals surface area contributed by atoms with E-state index in [1.54, 1.807) is 0 Å². The average molecular weight is 244 g/mol. The molecule has 1 aromatic carbocycles. The Labute approximate surface area is 110 Å². The Kier molecular flexibility index (Phi) is 2.86. The quantitative estimate of drug-likeness (QED) is 0.812. The third-order valence-electron chi connectivity index (χ3n) is 4.91. The first-order valence-corrected chi connectivity index (χ1v) is 7.20. The van der Waals surface area contributed by atoms with E-state index in [1.165, 1.54) is 24.9 Å². The van der Waals surface area contributed by atoms with Crippen molar-refractivity contribution in [2.24, 2.45) is 11.8 Å². The first-order valence-electron chi connectivity index (χ1n) is 7.20. The second-order valence-electron chi connectivity index (χ2n) is 6.58. The molecule has 1 saturated heterocycles. The van der Waals surface area contributed by atoms with Crippen LogP contribution in [0.15, 0.2) is 30.3 Å². The van der Waals surface area contributed by atoms with Crippen LogP contribution < -0.4 is 10.4 Å². The maximum absolute atomic E-state index is 3.76. The van der Waals surface area contributed by atoms with Gasteiger partial charge in [-0.25, -0.2) is 5.43 Å². The van der Waals surface area contributed by atoms with E-state index in [1.807, 2.05) is 0 Å². The van der Waals surface area contributed by atoms with E-state index in [2.05, 4.69) is 61.5 Å². The second-order valence-corrected chi connectivity index (χ2v) is 6.58. The van der Waals surface area contributed by atoms with Crippen LogP contribution >= 0.6 is 0 Å². The van der Waals surface area contributed by atoms with Gasteiger partial charge < -0.3 is 5.01 Å². The molecule has 3 atom stereocenters. The van der Waals surface area contributed by atoms with Gasteiger partial charge in [-0.1, -0.05) is 31.5 Å². The maximum Gasteiger partial charge on any atom is 0.0551 e. The molecule has 3 unspecified atom stereocenters. The van der Waals surface area contributed by atoms with Gasteiger partial charge in [0.25, 0.3) is 0 Å². The lowest BCUT2D eigenvalue weighted by atomic mass is 9.72. The highest BCUT2D eigenvalue weighted by atomic mass is 15.6. The standard InChI is InChI=1S/C16H24N2/c1-12-9-10-14-15(11-12)17-18(16(14,2)3)13-7-5-4-6-8-13/h4-8,12,14-15,17H,9-11H2,1-3H3. The summed E-state index contributed by atoms with van der Waals surface area (Å²) in [5.74, 6) is 1.64. The number of para-hydroxylation sites is 1. The molecule has 1 aliphatic carbocycles. The lowest BCUT2D eigenvalue weighted by Gasteiger charge is -2.38. The minimum atomic E-state index is 0.214. The molecule has 2 fully saturated rings. The van der Waals surface area contributed by atoms with Crippen LogP contribution in [0.1, 0.15) is 40.0 Å². The van der Waals surface area contributed by atoms with Gasteiger partial charge in [-0.15, -0.1) is 0 Å². The Morgan fingerprint density at radius 2 is 1.89 bits per heavy atom. The average Bonchev–Trinajstić information content (AvgIpc) is 2.61. The zero-order chi connectivity index (χ0) is 12.8. The minimum absolute atomic E-state index is 0.214. The fourth-order valence-electron chi connectivity index (χ4n) is 3.85. The number of fused-ring (bicyclic) bond motifs is 1. The Bertz CT molecular complexity index is 412. The van der Waals surface area contributed by atoms with Gasteiger partial charge in [0, 0.05) is 12.0 Å². The van der Waals surface area contributed by atoms with Crippen molar-refractivity contribution >= 4 is 5.69 Å². The molecule has 0 spiro atoms. The molecule has 0 amide bonds. The van der Waals surface area contributed by atoms with Crippen LogP contribution in [0.4, 0.5) is 5.69 Å². The van der Waals surface area contributed by atoms with Gasteiger partial charge in [-0.2, -0.15) is 0 Å². The Morgan fingerprint density at radius 3 is 2.61 bits per heavy atom. The summed E-state index contributed by atoms with van der Waals surface area (Å²) < 4.78 is 0. The Hall–Kier alpha value is -1.02. The van der Waals surface area contributed by atoms with Crippen molar-refractivity contribution in [2.45, 2.75) is 51.6 Å². The molecule has 2 heteroatoms. The zero-order valence-electron chi connectivity index (χ0n) is 11.7. The third-order valence-corrected chi connectivity index (χ3v) is 4.91. The van der Waals surface area contributed by atoms with Gasteiger partial charge >= 0.3 is 0 Å². The molecule has 3 rings (SSSR count). The van der Waals surface area contributed by atoms with E-state index in [9.17, 15) is 0 Å². The van der Waals surface area contributed by atoms with Crippen molar-refractivity contribution in [1.82, 2.24) is 5.43 Å². The summed E-state index contributed by atoms with van der Waals surface area (Å²) in [5, 5.41) is 2.40. The summed E-state index contributed by atoms with van der Waals surface area (Å²) in [6.07, 6.45) is 4.06. The lowest BCUT2D eigenvalue weighted by Crippen LogP contribution is -2.46. The number of rotatable bonds is 1. The number of hydrazine groups is 1. The molecule has 0 aromatic heterocycles. The van der Waals surface area contributed by atoms with E-state index in [0.717, 1.165) is 11.8 Å². The number of nitrogens with one attached hydrogen (secondary N) is 1. The minimum Gasteiger partial charge on any atom is -0.302 e. The highest BCUT2D eigenvalue weighted by Crippen LogP contribution is 2.44. The Balaban J connectivity index is 1.89. The second kappa shape index (κ2) is 4.27. The summed E-state index contributed by atoms with van der Waals surface area (Å²) in [5.41, 5.74) is 5.27. The van der Waals surface area contributed by atoms with Crippen molar-refractivity contribution in [3.8, 4) is 0 Å². The predicted octanol–water partition coefficient (Wildman–Crippen LogP) is 3.59. The molecule has 2 nitrogen and oxygen atoms in total. The number of hydrogen-bond donors (Lipinski definition) is 1. The van der Waals surface area contributed by atoms with Crippen molar-refractivity contribution in [1.29, 1.82) is 0 Å². The Morgan fingerprint density at radius 1 is 1.17 bits per heavy atom. The molecule has 0 bridgehead atoms. The molecule has 1 heterocycles. The summed E-state index contributed by atoms with van der Waals surface area (Å²) >= 11 is 0. The van der Waals surface area contributed by atoms with Crippen LogP contribution in [-0.4, -0.2) is 11.6 Å². The van der Waals surface area contributed by atoms with Crippen molar-refractivity contribution in [2.75, 3.05) is 5.01 Å². The summed E-state index contributed by atoms with van der Waals surface area (Å²) in [6.45, 7) is 7.15. The molecular weight excluding hydrogens is 220 g/mol. The molecule has 98 valence electrons. The molecule has 1 aliphatic heterocycles. The molecule has 1 N–H and O–H groups in total. The molecule has 18 heavy (non-hydrogen) atoms. The normalized spacial score (nSPS) is 34.4. The zero-order valence-corrected chi connectivity index (χ0v) is 11.7. The smallest absolute Gasteiger partial charge is 0.0551 e. The summed E-state index contributed by atoms with van der Waals surface area (Å²) in [7, 11) is 0. The van der Waals surface area contributed by atoms with Crippen molar-refractivity contribution < 1.29 is 0 Å². The number of hydrogen-bond acceptors (Lipinski definition) is 2. The lowest BCUT2D eigenvalue weighted by molar-refractivity contribution is 0.219. The highest BCUT2D eigenvalue weighted by molar-refractivity contribution is 5.49. The maximum atomic E-state index is 3.76. The van der Waals surface area contributed by atoms with Crippen LogP contribution in [0.5, 0.6) is 0 Å². The van der Waals surface area contributed by atoms with Gasteiger partial charge in [-0.3, -0.25) is 0 Å². The van der Waals surface area contributed by atoms with Crippen molar-refractivity contribution in [3.05, 3.63) is 30.3 Å². The first kappa shape index (κ1) is 12.0. The fraction of sp³-hybridized carbons (Fsp3) is 0.625. The van der Waals surface area contributed by atoms with Gasteiger partial charge in [0.1, 0.15) is 0 Å². The number of anilines is 1. The van der Waals surface area contributed by atoms with Gasteiger partial charge in [0.15, 0.2) is 0 Å². The first-order chi connectivity index (χ1) is 8.59. The van der Waals surface area contributed by atoms with Gasteiger partial charge in [0.05, 0.1) is 11.2 Å². The van der Waals surface area contributed by atoms with Gasteiger partial charge in [-0.05, 0) is 44.7 Å². The molecule has 1 saturated carbocycles. The molecule has 1 aromatic rings. The van der Waals surface area contributed by atoms with Gasteiger partial charge in [0.2, 0.25) is 0 Å². The highest BCUT2D eigenvalue weighted by Gasteiger charge is 2.49. The molecule has 2 aliphatic rings. The monoisotopic (exact) mass is 244 g/mol. The van der Waals surface area contributed by atoms with E-state index >= 15 is 0 Å². The van der Waals surface area contributed by atoms with E-state index in [4.69, 9.17) is 0 Å². The SMILES string of the molecule is CC1CCC2C(C1)NN(c1ccccc1)C2(C)C. The van der Waals surface area contributed by atoms with Crippen LogP contribution in [0, 0.1) is 11.8 Å². The van der Waals surface area contributed by atoms with Crippen LogP contribution in [0.2, 0.25) is 0 Å². The topological polar surface area (TPSA) is 15.3 Å². The fourth-order valence-corrected chi connectivity index (χ4v) is 3.85.